The van der Waals surface area contributed by atoms with Crippen molar-refractivity contribution in [2.75, 3.05) is 92.5 Å². The van der Waals surface area contributed by atoms with Crippen LogP contribution in [0.1, 0.15) is 105 Å². The van der Waals surface area contributed by atoms with E-state index in [4.69, 9.17) is 33.2 Å². The average Bonchev–Trinajstić information content (AvgIpc) is 3.79. The number of carbonyl (C=O) groups excluding carboxylic acids is 1. The zero-order valence-corrected chi connectivity index (χ0v) is 36.2. The molecule has 1 amide bonds. The van der Waals surface area contributed by atoms with E-state index in [9.17, 15) is 4.79 Å². The van der Waals surface area contributed by atoms with Crippen molar-refractivity contribution in [2.24, 2.45) is 16.7 Å². The van der Waals surface area contributed by atoms with Gasteiger partial charge in [0.25, 0.3) is 0 Å². The Hall–Kier alpha value is -2.53. The van der Waals surface area contributed by atoms with E-state index in [2.05, 4.69) is 81.3 Å². The molecule has 0 spiro atoms. The van der Waals surface area contributed by atoms with Gasteiger partial charge in [-0.15, -0.1) is 10.2 Å². The molecule has 0 aliphatic carbocycles. The fourth-order valence-corrected chi connectivity index (χ4v) is 5.16. The fourth-order valence-electron chi connectivity index (χ4n) is 5.16. The molecule has 2 aromatic heterocycles. The molecule has 0 bridgehead atoms. The molecule has 2 heterocycles. The minimum absolute atomic E-state index is 0.0270. The molecule has 2 rings (SSSR count). The number of aromatic nitrogens is 6. The summed E-state index contributed by atoms with van der Waals surface area (Å²) in [5.74, 6) is 0.549. The standard InChI is InChI=1S/C41H77N7O8/c1-35(2)11-19-50-22-14-39(49)42-36(12-20-51-25-29-55-31-27-53-23-17-47-33-37(43-45-47)9-15-40(3,4)5)13-21-52-26-30-56-32-28-54-24-18-48-34-38(44-46-48)10-16-41(6,7)8/h33-36H,9-32H2,1-8H3,(H,42,49). The van der Waals surface area contributed by atoms with Gasteiger partial charge in [0.05, 0.1) is 97.2 Å². The summed E-state index contributed by atoms with van der Waals surface area (Å²) >= 11 is 0. The molecule has 1 N–H and O–H groups in total. The first-order valence-corrected chi connectivity index (χ1v) is 20.9. The number of hydrogen-bond donors (Lipinski definition) is 1. The predicted octanol–water partition coefficient (Wildman–Crippen LogP) is 5.34. The molecule has 56 heavy (non-hydrogen) atoms. The van der Waals surface area contributed by atoms with Crippen LogP contribution >= 0.6 is 0 Å². The third-order valence-corrected chi connectivity index (χ3v) is 8.75. The summed E-state index contributed by atoms with van der Waals surface area (Å²) in [6, 6.07) is -0.0686. The second-order valence-corrected chi connectivity index (χ2v) is 17.1. The lowest BCUT2D eigenvalue weighted by molar-refractivity contribution is -0.123. The van der Waals surface area contributed by atoms with Crippen LogP contribution in [0.5, 0.6) is 0 Å². The molecule has 0 saturated carbocycles. The Labute approximate surface area is 337 Å². The molecule has 15 nitrogen and oxygen atoms in total. The molecular weight excluding hydrogens is 718 g/mol. The van der Waals surface area contributed by atoms with E-state index in [1.54, 1.807) is 0 Å². The lowest BCUT2D eigenvalue weighted by Crippen LogP contribution is -2.37. The Morgan fingerprint density at radius 2 is 0.946 bits per heavy atom. The summed E-state index contributed by atoms with van der Waals surface area (Å²) < 4.78 is 43.6. The van der Waals surface area contributed by atoms with Crippen molar-refractivity contribution in [3.63, 3.8) is 0 Å². The van der Waals surface area contributed by atoms with E-state index in [1.807, 2.05) is 21.8 Å². The number of carbonyl (C=O) groups is 1. The van der Waals surface area contributed by atoms with E-state index >= 15 is 0 Å². The summed E-state index contributed by atoms with van der Waals surface area (Å²) in [5, 5.41) is 20.0. The van der Waals surface area contributed by atoms with Crippen molar-refractivity contribution in [1.82, 2.24) is 35.3 Å². The van der Waals surface area contributed by atoms with E-state index in [0.29, 0.717) is 131 Å². The van der Waals surface area contributed by atoms with Gasteiger partial charge in [-0.05, 0) is 61.7 Å². The van der Waals surface area contributed by atoms with Crippen LogP contribution in [0.3, 0.4) is 0 Å². The van der Waals surface area contributed by atoms with E-state index in [-0.39, 0.29) is 22.8 Å². The van der Waals surface area contributed by atoms with Crippen molar-refractivity contribution in [2.45, 2.75) is 126 Å². The molecule has 0 radical (unpaired) electrons. The van der Waals surface area contributed by atoms with Crippen molar-refractivity contribution in [3.05, 3.63) is 23.8 Å². The van der Waals surface area contributed by atoms with Crippen molar-refractivity contribution < 1.29 is 38.0 Å². The normalized spacial score (nSPS) is 12.4. The van der Waals surface area contributed by atoms with E-state index in [1.165, 1.54) is 0 Å². The number of ether oxygens (including phenoxy) is 7. The highest BCUT2D eigenvalue weighted by atomic mass is 16.5. The molecule has 0 aliphatic heterocycles. The molecule has 0 saturated heterocycles. The Morgan fingerprint density at radius 1 is 0.571 bits per heavy atom. The maximum atomic E-state index is 12.6. The van der Waals surface area contributed by atoms with Crippen molar-refractivity contribution in [3.8, 4) is 0 Å². The molecule has 0 fully saturated rings. The van der Waals surface area contributed by atoms with Gasteiger partial charge >= 0.3 is 0 Å². The van der Waals surface area contributed by atoms with Gasteiger partial charge < -0.3 is 38.5 Å². The molecular formula is C41H77N7O8. The predicted molar refractivity (Wildman–Crippen MR) is 217 cm³/mol. The monoisotopic (exact) mass is 796 g/mol. The van der Waals surface area contributed by atoms with Crippen LogP contribution in [0.15, 0.2) is 12.4 Å². The van der Waals surface area contributed by atoms with E-state index < -0.39 is 0 Å². The third kappa shape index (κ3) is 28.8. The smallest absolute Gasteiger partial charge is 0.222 e. The lowest BCUT2D eigenvalue weighted by Gasteiger charge is -2.19. The summed E-state index contributed by atoms with van der Waals surface area (Å²) in [6.45, 7) is 26.1. The molecule has 0 atom stereocenters. The number of rotatable bonds is 35. The van der Waals surface area contributed by atoms with Gasteiger partial charge in [-0.2, -0.15) is 0 Å². The van der Waals surface area contributed by atoms with Gasteiger partial charge in [-0.25, -0.2) is 9.36 Å². The summed E-state index contributed by atoms with van der Waals surface area (Å²) in [7, 11) is 0. The van der Waals surface area contributed by atoms with Crippen LogP contribution < -0.4 is 5.32 Å². The zero-order valence-electron chi connectivity index (χ0n) is 36.2. The van der Waals surface area contributed by atoms with Crippen LogP contribution in [-0.4, -0.2) is 134 Å². The van der Waals surface area contributed by atoms with Gasteiger partial charge in [0.2, 0.25) is 5.91 Å². The van der Waals surface area contributed by atoms with E-state index in [0.717, 1.165) is 43.5 Å². The highest BCUT2D eigenvalue weighted by Gasteiger charge is 2.14. The minimum atomic E-state index is -0.0686. The second kappa shape index (κ2) is 29.6. The number of nitrogens with zero attached hydrogens (tertiary/aromatic N) is 6. The van der Waals surface area contributed by atoms with Crippen molar-refractivity contribution >= 4 is 5.91 Å². The highest BCUT2D eigenvalue weighted by molar-refractivity contribution is 5.76. The van der Waals surface area contributed by atoms with Crippen LogP contribution in [0.4, 0.5) is 0 Å². The minimum Gasteiger partial charge on any atom is -0.381 e. The Morgan fingerprint density at radius 3 is 1.36 bits per heavy atom. The molecule has 2 aromatic rings. The maximum absolute atomic E-state index is 12.6. The average molecular weight is 796 g/mol. The summed E-state index contributed by atoms with van der Waals surface area (Å²) in [6.07, 6.45) is 10.7. The molecule has 0 unspecified atom stereocenters. The first-order chi connectivity index (χ1) is 26.8. The van der Waals surface area contributed by atoms with Crippen LogP contribution in [0.25, 0.3) is 0 Å². The van der Waals surface area contributed by atoms with Crippen LogP contribution in [0.2, 0.25) is 0 Å². The number of amides is 1. The fraction of sp³-hybridized carbons (Fsp3) is 0.878. The Kier molecular flexibility index (Phi) is 26.3. The van der Waals surface area contributed by atoms with Gasteiger partial charge in [0.1, 0.15) is 0 Å². The molecule has 15 heteroatoms. The van der Waals surface area contributed by atoms with Gasteiger partial charge in [-0.3, -0.25) is 4.79 Å². The SMILES string of the molecule is CC(C)CCOCCC(=O)NC(CCOCCOCCOCCn1cc(CCC(C)(C)C)nn1)CCOCCOCCOCCn1cc(CCC(C)(C)C)nn1. The maximum Gasteiger partial charge on any atom is 0.222 e. The third-order valence-electron chi connectivity index (χ3n) is 8.75. The topological polar surface area (TPSA) is 155 Å². The number of hydrogen-bond acceptors (Lipinski definition) is 12. The van der Waals surface area contributed by atoms with Gasteiger partial charge in [0.15, 0.2) is 0 Å². The summed E-state index contributed by atoms with van der Waals surface area (Å²) in [5.41, 5.74) is 2.60. The van der Waals surface area contributed by atoms with Crippen LogP contribution in [-0.2, 0) is 63.9 Å². The highest BCUT2D eigenvalue weighted by Crippen LogP contribution is 2.21. The largest absolute Gasteiger partial charge is 0.381 e. The second-order valence-electron chi connectivity index (χ2n) is 17.1. The van der Waals surface area contributed by atoms with Crippen LogP contribution in [0, 0.1) is 16.7 Å². The molecule has 0 aromatic carbocycles. The zero-order chi connectivity index (χ0) is 40.9. The van der Waals surface area contributed by atoms with Gasteiger partial charge in [-0.1, -0.05) is 65.8 Å². The first-order valence-electron chi connectivity index (χ1n) is 20.9. The lowest BCUT2D eigenvalue weighted by atomic mass is 9.90. The first kappa shape index (κ1) is 49.6. The number of nitrogens with one attached hydrogen (secondary N) is 1. The number of aryl methyl sites for hydroxylation is 2. The molecule has 324 valence electrons. The Bertz CT molecular complexity index is 1170. The van der Waals surface area contributed by atoms with Gasteiger partial charge in [0, 0.05) is 44.7 Å². The quantitative estimate of drug-likeness (QED) is 0.0896. The van der Waals surface area contributed by atoms with Crippen molar-refractivity contribution in [1.29, 1.82) is 0 Å². The molecule has 0 aliphatic rings. The summed E-state index contributed by atoms with van der Waals surface area (Å²) in [4.78, 5) is 12.6. The Balaban J connectivity index is 1.52.